The third-order valence-electron chi connectivity index (χ3n) is 2.49. The van der Waals surface area contributed by atoms with Crippen molar-refractivity contribution in [1.82, 2.24) is 0 Å². The number of nitrogens with two attached hydrogens (primary N) is 1. The first kappa shape index (κ1) is 9.40. The van der Waals surface area contributed by atoms with Gasteiger partial charge < -0.3 is 10.5 Å². The molecule has 1 aromatic carbocycles. The molecule has 2 rings (SSSR count). The lowest BCUT2D eigenvalue weighted by Crippen LogP contribution is -2.06. The second kappa shape index (κ2) is 3.53. The monoisotopic (exact) mass is 199 g/mol. The molecule has 1 aromatic rings. The van der Waals surface area contributed by atoms with Crippen molar-refractivity contribution in [2.24, 2.45) is 5.73 Å². The van der Waals surface area contributed by atoms with Gasteiger partial charge in [-0.05, 0) is 30.0 Å². The lowest BCUT2D eigenvalue weighted by Gasteiger charge is -2.10. The van der Waals surface area contributed by atoms with Crippen LogP contribution in [-0.4, -0.2) is 6.61 Å². The molecule has 0 amide bonds. The molecule has 2 N–H and O–H groups in total. The van der Waals surface area contributed by atoms with Crippen LogP contribution in [-0.2, 0) is 6.42 Å². The molecule has 0 spiro atoms. The highest BCUT2D eigenvalue weighted by Gasteiger charge is 2.23. The third kappa shape index (κ3) is 1.57. The lowest BCUT2D eigenvalue weighted by atomic mass is 10.1. The Bertz CT molecular complexity index is 341. The summed E-state index contributed by atoms with van der Waals surface area (Å²) in [7, 11) is 0. The zero-order valence-corrected chi connectivity index (χ0v) is 7.54. The van der Waals surface area contributed by atoms with Gasteiger partial charge in [0.2, 0.25) is 0 Å². The van der Waals surface area contributed by atoms with E-state index in [1.54, 1.807) is 12.1 Å². The van der Waals surface area contributed by atoms with Crippen molar-refractivity contribution in [3.8, 4) is 5.75 Å². The van der Waals surface area contributed by atoms with Gasteiger partial charge in [0, 0.05) is 6.04 Å². The normalized spacial score (nSPS) is 19.9. The van der Waals surface area contributed by atoms with Gasteiger partial charge in [0.15, 0.2) is 0 Å². The quantitative estimate of drug-likeness (QED) is 0.792. The first-order chi connectivity index (χ1) is 6.68. The molecule has 0 saturated heterocycles. The molecule has 4 heteroatoms. The summed E-state index contributed by atoms with van der Waals surface area (Å²) in [6.07, 6.45) is 1.53. The van der Waals surface area contributed by atoms with Crippen molar-refractivity contribution in [3.63, 3.8) is 0 Å². The minimum absolute atomic E-state index is 0.0359. The first-order valence-electron chi connectivity index (χ1n) is 4.50. The van der Waals surface area contributed by atoms with Gasteiger partial charge >= 0.3 is 6.61 Å². The van der Waals surface area contributed by atoms with E-state index in [1.165, 1.54) is 0 Å². The SMILES string of the molecule is N[C@H]1CCc2c(OC(F)F)cccc21. The van der Waals surface area contributed by atoms with Crippen molar-refractivity contribution < 1.29 is 13.5 Å². The molecule has 0 aliphatic heterocycles. The minimum atomic E-state index is -2.77. The molecule has 0 radical (unpaired) electrons. The highest BCUT2D eigenvalue weighted by molar-refractivity contribution is 5.44. The second-order valence-electron chi connectivity index (χ2n) is 3.35. The number of hydrogen-bond donors (Lipinski definition) is 1. The molecule has 0 heterocycles. The fourth-order valence-electron chi connectivity index (χ4n) is 1.86. The Labute approximate surface area is 80.7 Å². The highest BCUT2D eigenvalue weighted by atomic mass is 19.3. The van der Waals surface area contributed by atoms with Crippen molar-refractivity contribution in [1.29, 1.82) is 0 Å². The summed E-state index contributed by atoms with van der Waals surface area (Å²) in [5.41, 5.74) is 7.57. The van der Waals surface area contributed by atoms with Crippen molar-refractivity contribution in [3.05, 3.63) is 29.3 Å². The van der Waals surface area contributed by atoms with Crippen molar-refractivity contribution in [2.45, 2.75) is 25.5 Å². The van der Waals surface area contributed by atoms with Gasteiger partial charge in [-0.3, -0.25) is 0 Å². The van der Waals surface area contributed by atoms with Crippen LogP contribution in [0.25, 0.3) is 0 Å². The lowest BCUT2D eigenvalue weighted by molar-refractivity contribution is -0.0503. The molecule has 1 aliphatic carbocycles. The van der Waals surface area contributed by atoms with Crippen LogP contribution in [0.3, 0.4) is 0 Å². The molecule has 1 aliphatic rings. The van der Waals surface area contributed by atoms with Crippen molar-refractivity contribution >= 4 is 0 Å². The van der Waals surface area contributed by atoms with E-state index in [-0.39, 0.29) is 11.8 Å². The Morgan fingerprint density at radius 1 is 1.43 bits per heavy atom. The Balaban J connectivity index is 2.34. The second-order valence-corrected chi connectivity index (χ2v) is 3.35. The van der Waals surface area contributed by atoms with Crippen LogP contribution in [0.5, 0.6) is 5.75 Å². The van der Waals surface area contributed by atoms with Crippen LogP contribution < -0.4 is 10.5 Å². The van der Waals surface area contributed by atoms with Crippen LogP contribution in [0.15, 0.2) is 18.2 Å². The van der Waals surface area contributed by atoms with Gasteiger partial charge in [0.05, 0.1) is 0 Å². The molecule has 14 heavy (non-hydrogen) atoms. The summed E-state index contributed by atoms with van der Waals surface area (Å²) < 4.78 is 28.5. The molecule has 2 nitrogen and oxygen atoms in total. The predicted octanol–water partition coefficient (Wildman–Crippen LogP) is 2.23. The molecular formula is C10H11F2NO. The molecular weight excluding hydrogens is 188 g/mol. The smallest absolute Gasteiger partial charge is 0.387 e. The van der Waals surface area contributed by atoms with Gasteiger partial charge in [0.1, 0.15) is 5.75 Å². The van der Waals surface area contributed by atoms with E-state index >= 15 is 0 Å². The Morgan fingerprint density at radius 3 is 2.93 bits per heavy atom. The molecule has 0 bridgehead atoms. The zero-order chi connectivity index (χ0) is 10.1. The van der Waals surface area contributed by atoms with Crippen LogP contribution in [0.1, 0.15) is 23.6 Å². The summed E-state index contributed by atoms with van der Waals surface area (Å²) in [4.78, 5) is 0. The number of hydrogen-bond acceptors (Lipinski definition) is 2. The number of rotatable bonds is 2. The molecule has 0 saturated carbocycles. The van der Waals surface area contributed by atoms with E-state index in [1.807, 2.05) is 6.07 Å². The summed E-state index contributed by atoms with van der Waals surface area (Å²) in [6, 6.07) is 5.09. The molecule has 0 fully saturated rings. The van der Waals surface area contributed by atoms with E-state index in [9.17, 15) is 8.78 Å². The average molecular weight is 199 g/mol. The molecule has 76 valence electrons. The van der Waals surface area contributed by atoms with Crippen LogP contribution in [0.4, 0.5) is 8.78 Å². The number of benzene rings is 1. The van der Waals surface area contributed by atoms with E-state index in [0.29, 0.717) is 0 Å². The largest absolute Gasteiger partial charge is 0.435 e. The topological polar surface area (TPSA) is 35.2 Å². The van der Waals surface area contributed by atoms with E-state index in [0.717, 1.165) is 24.0 Å². The fraction of sp³-hybridized carbons (Fsp3) is 0.400. The summed E-state index contributed by atoms with van der Waals surface area (Å²) in [5, 5.41) is 0. The summed E-state index contributed by atoms with van der Waals surface area (Å²) >= 11 is 0. The first-order valence-corrected chi connectivity index (χ1v) is 4.50. The highest BCUT2D eigenvalue weighted by Crippen LogP contribution is 2.35. The Hall–Kier alpha value is -1.16. The Kier molecular flexibility index (Phi) is 2.37. The predicted molar refractivity (Wildman–Crippen MR) is 48.3 cm³/mol. The van der Waals surface area contributed by atoms with Gasteiger partial charge in [-0.1, -0.05) is 12.1 Å². The molecule has 0 aromatic heterocycles. The van der Waals surface area contributed by atoms with Gasteiger partial charge in [0.25, 0.3) is 0 Å². The third-order valence-corrected chi connectivity index (χ3v) is 2.49. The van der Waals surface area contributed by atoms with E-state index in [4.69, 9.17) is 5.73 Å². The number of halogens is 2. The summed E-state index contributed by atoms with van der Waals surface area (Å²) in [6.45, 7) is -2.77. The zero-order valence-electron chi connectivity index (χ0n) is 7.54. The van der Waals surface area contributed by atoms with Gasteiger partial charge in [-0.2, -0.15) is 8.78 Å². The number of ether oxygens (including phenoxy) is 1. The van der Waals surface area contributed by atoms with Gasteiger partial charge in [-0.15, -0.1) is 0 Å². The van der Waals surface area contributed by atoms with E-state index in [2.05, 4.69) is 4.74 Å². The fourth-order valence-corrected chi connectivity index (χ4v) is 1.86. The maximum Gasteiger partial charge on any atom is 0.387 e. The van der Waals surface area contributed by atoms with Crippen LogP contribution in [0, 0.1) is 0 Å². The number of fused-ring (bicyclic) bond motifs is 1. The van der Waals surface area contributed by atoms with Gasteiger partial charge in [-0.25, -0.2) is 0 Å². The molecule has 1 atom stereocenters. The summed E-state index contributed by atoms with van der Waals surface area (Å²) in [5.74, 6) is 0.269. The number of alkyl halides is 2. The minimum Gasteiger partial charge on any atom is -0.435 e. The standard InChI is InChI=1S/C10H11F2NO/c11-10(12)14-9-3-1-2-6-7(9)4-5-8(6)13/h1-3,8,10H,4-5,13H2/t8-/m0/s1. The van der Waals surface area contributed by atoms with Crippen LogP contribution >= 0.6 is 0 Å². The van der Waals surface area contributed by atoms with Crippen molar-refractivity contribution in [2.75, 3.05) is 0 Å². The average Bonchev–Trinajstić information content (AvgIpc) is 2.49. The maximum absolute atomic E-state index is 12.0. The Morgan fingerprint density at radius 2 is 2.21 bits per heavy atom. The van der Waals surface area contributed by atoms with E-state index < -0.39 is 6.61 Å². The molecule has 0 unspecified atom stereocenters. The van der Waals surface area contributed by atoms with Crippen LogP contribution in [0.2, 0.25) is 0 Å². The maximum atomic E-state index is 12.0.